The summed E-state index contributed by atoms with van der Waals surface area (Å²) in [5.74, 6) is 0. The molecule has 0 aromatic heterocycles. The smallest absolute Gasteiger partial charge is 0.323 e. The van der Waals surface area contributed by atoms with E-state index in [9.17, 15) is 4.79 Å². The van der Waals surface area contributed by atoms with Crippen LogP contribution in [0, 0.1) is 6.92 Å². The third-order valence-electron chi connectivity index (χ3n) is 3.95. The van der Waals surface area contributed by atoms with Gasteiger partial charge in [0, 0.05) is 35.1 Å². The van der Waals surface area contributed by atoms with Crippen LogP contribution in [-0.2, 0) is 0 Å². The third kappa shape index (κ3) is 6.39. The first-order chi connectivity index (χ1) is 12.0. The Kier molecular flexibility index (Phi) is 9.24. The van der Waals surface area contributed by atoms with Crippen molar-refractivity contribution < 1.29 is 17.2 Å². The van der Waals surface area contributed by atoms with Gasteiger partial charge in [0.2, 0.25) is 0 Å². The van der Waals surface area contributed by atoms with E-state index in [0.29, 0.717) is 0 Å². The minimum absolute atomic E-state index is 0. The summed E-state index contributed by atoms with van der Waals surface area (Å²) in [4.78, 5) is 14.3. The van der Waals surface area contributed by atoms with Gasteiger partial charge in [0.25, 0.3) is 0 Å². The number of nitrogens with one attached hydrogen (secondary N) is 2. The molecule has 2 N–H and O–H groups in total. The number of amides is 2. The largest absolute Gasteiger partial charge is 1.00 e. The van der Waals surface area contributed by atoms with Crippen LogP contribution in [0.5, 0.6) is 0 Å². The summed E-state index contributed by atoms with van der Waals surface area (Å²) in [6.45, 7) is 8.20. The van der Waals surface area contributed by atoms with E-state index in [1.54, 1.807) is 6.20 Å². The second-order valence-corrected chi connectivity index (χ2v) is 6.57. The van der Waals surface area contributed by atoms with Crippen molar-refractivity contribution in [3.05, 3.63) is 64.3 Å². The van der Waals surface area contributed by atoms with Gasteiger partial charge in [0.05, 0.1) is 0 Å². The van der Waals surface area contributed by atoms with E-state index in [0.717, 1.165) is 34.4 Å². The summed E-state index contributed by atoms with van der Waals surface area (Å²) >= 11 is 3.40. The summed E-state index contributed by atoms with van der Waals surface area (Å²) in [5, 5.41) is 5.61. The van der Waals surface area contributed by atoms with Crippen LogP contribution in [0.1, 0.15) is 25.0 Å². The second kappa shape index (κ2) is 10.9. The van der Waals surface area contributed by atoms with Gasteiger partial charge in [-0.25, -0.2) is 4.79 Å². The lowest BCUT2D eigenvalue weighted by Crippen LogP contribution is -3.00. The van der Waals surface area contributed by atoms with Gasteiger partial charge in [-0.3, -0.25) is 0 Å². The van der Waals surface area contributed by atoms with E-state index in [-0.39, 0.29) is 18.4 Å². The highest BCUT2D eigenvalue weighted by Crippen LogP contribution is 2.22. The van der Waals surface area contributed by atoms with Crippen molar-refractivity contribution in [1.29, 1.82) is 0 Å². The monoisotopic (exact) mass is 436 g/mol. The van der Waals surface area contributed by atoms with Gasteiger partial charge in [0.1, 0.15) is 0 Å². The van der Waals surface area contributed by atoms with Crippen LogP contribution < -0.4 is 27.9 Å². The van der Waals surface area contributed by atoms with Crippen LogP contribution in [-0.4, -0.2) is 19.1 Å². The van der Waals surface area contributed by atoms with Crippen LogP contribution in [0.2, 0.25) is 0 Å². The van der Waals surface area contributed by atoms with E-state index in [4.69, 9.17) is 0 Å². The highest BCUT2D eigenvalue weighted by Gasteiger charge is 2.07. The van der Waals surface area contributed by atoms with Crippen LogP contribution >= 0.6 is 15.9 Å². The summed E-state index contributed by atoms with van der Waals surface area (Å²) in [6.07, 6.45) is 3.49. The average molecular weight is 438 g/mol. The molecule has 0 spiro atoms. The number of rotatable bonds is 6. The highest BCUT2D eigenvalue weighted by atomic mass is 79.9. The van der Waals surface area contributed by atoms with Crippen molar-refractivity contribution in [1.82, 2.24) is 5.32 Å². The predicted octanol–water partition coefficient (Wildman–Crippen LogP) is 2.40. The molecule has 0 heterocycles. The Bertz CT molecular complexity index is 743. The van der Waals surface area contributed by atoms with Crippen molar-refractivity contribution in [2.45, 2.75) is 20.8 Å². The predicted molar refractivity (Wildman–Crippen MR) is 110 cm³/mol. The Morgan fingerprint density at radius 2 is 1.77 bits per heavy atom. The molecule has 0 fully saturated rings. The summed E-state index contributed by atoms with van der Waals surface area (Å²) in [6, 6.07) is 13.7. The van der Waals surface area contributed by atoms with Crippen LogP contribution in [0.15, 0.2) is 53.1 Å². The molecule has 0 unspecified atom stereocenters. The van der Waals surface area contributed by atoms with E-state index >= 15 is 0 Å². The van der Waals surface area contributed by atoms with E-state index < -0.39 is 0 Å². The molecule has 2 aromatic rings. The Balaban J connectivity index is 0.00000338. The van der Waals surface area contributed by atoms with Gasteiger partial charge >= 0.3 is 6.03 Å². The first-order valence-corrected chi connectivity index (χ1v) is 9.18. The van der Waals surface area contributed by atoms with Gasteiger partial charge in [0.15, 0.2) is 0 Å². The van der Waals surface area contributed by atoms with Gasteiger partial charge < -0.3 is 27.9 Å². The number of carbonyl (C=O) groups is 1. The number of anilines is 2. The molecule has 0 atom stereocenters. The van der Waals surface area contributed by atoms with Gasteiger partial charge in [-0.15, -0.1) is 0 Å². The molecule has 6 heteroatoms. The van der Waals surface area contributed by atoms with Crippen molar-refractivity contribution >= 4 is 39.4 Å². The number of hydrogen-bond acceptors (Lipinski definition) is 2. The highest BCUT2D eigenvalue weighted by molar-refractivity contribution is 9.10. The maximum atomic E-state index is 12.0. The number of benzene rings is 2. The van der Waals surface area contributed by atoms with Gasteiger partial charge in [-0.2, -0.15) is 0 Å². The van der Waals surface area contributed by atoms with E-state index in [1.807, 2.05) is 49.4 Å². The maximum Gasteiger partial charge on any atom is 0.323 e. The molecule has 0 saturated carbocycles. The molecule has 0 aliphatic carbocycles. The SMILES string of the molecule is CCN(CC)c1ccc(NC(=O)N/C=C/c2ccc(Br)cc2)c(C)c1.[Cl-]. The lowest BCUT2D eigenvalue weighted by molar-refractivity contribution is -0.00000814. The first kappa shape index (κ1) is 22.1. The number of carbonyl (C=O) groups excluding carboxylic acids is 1. The van der Waals surface area contributed by atoms with Gasteiger partial charge in [-0.05, 0) is 68.3 Å². The Morgan fingerprint density at radius 3 is 2.35 bits per heavy atom. The Hall–Kier alpha value is -1.98. The molecular weight excluding hydrogens is 414 g/mol. The minimum atomic E-state index is -0.257. The number of urea groups is 1. The summed E-state index contributed by atoms with van der Waals surface area (Å²) in [7, 11) is 0. The topological polar surface area (TPSA) is 44.4 Å². The quantitative estimate of drug-likeness (QED) is 0.729. The fourth-order valence-corrected chi connectivity index (χ4v) is 2.78. The number of hydrogen-bond donors (Lipinski definition) is 2. The molecule has 2 rings (SSSR count). The van der Waals surface area contributed by atoms with Crippen molar-refractivity contribution in [3.63, 3.8) is 0 Å². The fourth-order valence-electron chi connectivity index (χ4n) is 2.52. The number of halogens is 2. The molecule has 2 amide bonds. The lowest BCUT2D eigenvalue weighted by atomic mass is 10.1. The van der Waals surface area contributed by atoms with Crippen LogP contribution in [0.25, 0.3) is 6.08 Å². The fraction of sp³-hybridized carbons (Fsp3) is 0.250. The summed E-state index contributed by atoms with van der Waals surface area (Å²) in [5.41, 5.74) is 4.04. The zero-order valence-corrected chi connectivity index (χ0v) is 17.6. The number of nitrogens with zero attached hydrogens (tertiary/aromatic N) is 1. The number of aryl methyl sites for hydroxylation is 1. The normalized spacial score (nSPS) is 10.3. The van der Waals surface area contributed by atoms with Crippen LogP contribution in [0.4, 0.5) is 16.2 Å². The molecule has 2 aromatic carbocycles. The van der Waals surface area contributed by atoms with E-state index in [1.165, 1.54) is 5.69 Å². The maximum absolute atomic E-state index is 12.0. The third-order valence-corrected chi connectivity index (χ3v) is 4.48. The Labute approximate surface area is 170 Å². The molecule has 0 radical (unpaired) electrons. The molecule has 0 saturated heterocycles. The van der Waals surface area contributed by atoms with Crippen LogP contribution in [0.3, 0.4) is 0 Å². The average Bonchev–Trinajstić information content (AvgIpc) is 2.60. The van der Waals surface area contributed by atoms with Crippen molar-refractivity contribution in [2.75, 3.05) is 23.3 Å². The molecule has 0 aliphatic heterocycles. The molecular formula is C20H24BrClN3O-. The molecule has 140 valence electrons. The lowest BCUT2D eigenvalue weighted by Gasteiger charge is -2.22. The summed E-state index contributed by atoms with van der Waals surface area (Å²) < 4.78 is 1.03. The van der Waals surface area contributed by atoms with E-state index in [2.05, 4.69) is 51.4 Å². The molecule has 0 aliphatic rings. The first-order valence-electron chi connectivity index (χ1n) is 8.38. The minimum Gasteiger partial charge on any atom is -1.00 e. The van der Waals surface area contributed by atoms with Gasteiger partial charge in [-0.1, -0.05) is 28.1 Å². The zero-order valence-electron chi connectivity index (χ0n) is 15.2. The molecule has 26 heavy (non-hydrogen) atoms. The van der Waals surface area contributed by atoms with Crippen molar-refractivity contribution in [3.8, 4) is 0 Å². The zero-order chi connectivity index (χ0) is 18.2. The molecule has 0 bridgehead atoms. The second-order valence-electron chi connectivity index (χ2n) is 5.65. The Morgan fingerprint density at radius 1 is 1.12 bits per heavy atom. The molecule has 4 nitrogen and oxygen atoms in total. The standard InChI is InChI=1S/C20H24BrN3O.ClH/c1-4-24(5-2)18-10-11-19(15(3)14-18)23-20(25)22-13-12-16-6-8-17(21)9-7-16;/h6-14H,4-5H2,1-3H3,(H2,22,23,25);1H/p-1/b13-12+;. The van der Waals surface area contributed by atoms with Crippen molar-refractivity contribution in [2.24, 2.45) is 0 Å².